The van der Waals surface area contributed by atoms with Crippen molar-refractivity contribution < 1.29 is 9.84 Å². The van der Waals surface area contributed by atoms with Crippen molar-refractivity contribution >= 4 is 0 Å². The minimum absolute atomic E-state index is 0.203. The summed E-state index contributed by atoms with van der Waals surface area (Å²) >= 11 is 0. The predicted molar refractivity (Wildman–Crippen MR) is 46.9 cm³/mol. The summed E-state index contributed by atoms with van der Waals surface area (Å²) in [6.45, 7) is 4.94. The van der Waals surface area contributed by atoms with Crippen LogP contribution in [0.25, 0.3) is 0 Å². The van der Waals surface area contributed by atoms with Crippen LogP contribution in [0.1, 0.15) is 33.1 Å². The Balaban J connectivity index is 2.00. The van der Waals surface area contributed by atoms with Crippen LogP contribution in [0.15, 0.2) is 0 Å². The Kier molecular flexibility index (Phi) is 1.92. The molecule has 2 nitrogen and oxygen atoms in total. The van der Waals surface area contributed by atoms with Crippen molar-refractivity contribution in [2.24, 2.45) is 11.8 Å². The normalized spacial score (nSPS) is 39.0. The minimum atomic E-state index is -0.226. The first-order chi connectivity index (χ1) is 5.63. The molecule has 70 valence electrons. The predicted octanol–water partition coefficient (Wildman–Crippen LogP) is 1.57. The number of rotatable bonds is 1. The van der Waals surface area contributed by atoms with Gasteiger partial charge in [0.25, 0.3) is 0 Å². The fourth-order valence-corrected chi connectivity index (χ4v) is 2.18. The summed E-state index contributed by atoms with van der Waals surface area (Å²) in [5, 5.41) is 9.67. The number of hydrogen-bond donors (Lipinski definition) is 1. The molecule has 12 heavy (non-hydrogen) atoms. The van der Waals surface area contributed by atoms with Gasteiger partial charge in [-0.3, -0.25) is 0 Å². The highest BCUT2D eigenvalue weighted by Gasteiger charge is 2.50. The van der Waals surface area contributed by atoms with Gasteiger partial charge >= 0.3 is 0 Å². The standard InChI is InChI=1S/C10H18O2/c1-7(2)8-5-10(3-4-10)12-6-9(8)11/h7-9,11H,3-6H2,1-2H3. The van der Waals surface area contributed by atoms with Crippen LogP contribution in [-0.2, 0) is 4.74 Å². The van der Waals surface area contributed by atoms with Gasteiger partial charge < -0.3 is 9.84 Å². The molecule has 2 unspecified atom stereocenters. The van der Waals surface area contributed by atoms with Gasteiger partial charge in [-0.05, 0) is 31.1 Å². The van der Waals surface area contributed by atoms with Gasteiger partial charge in [0.2, 0.25) is 0 Å². The SMILES string of the molecule is CC(C)C1CC2(CC2)OCC1O. The Morgan fingerprint density at radius 3 is 2.58 bits per heavy atom. The van der Waals surface area contributed by atoms with Gasteiger partial charge in [0.15, 0.2) is 0 Å². The molecule has 0 aromatic rings. The molecule has 2 atom stereocenters. The summed E-state index contributed by atoms with van der Waals surface area (Å²) < 4.78 is 5.62. The van der Waals surface area contributed by atoms with E-state index in [4.69, 9.17) is 4.74 Å². The van der Waals surface area contributed by atoms with E-state index in [-0.39, 0.29) is 11.7 Å². The van der Waals surface area contributed by atoms with Crippen LogP contribution in [0.3, 0.4) is 0 Å². The second-order valence-electron chi connectivity index (χ2n) is 4.67. The third-order valence-electron chi connectivity index (χ3n) is 3.33. The van der Waals surface area contributed by atoms with Crippen molar-refractivity contribution in [1.82, 2.24) is 0 Å². The zero-order valence-electron chi connectivity index (χ0n) is 7.92. The molecule has 0 amide bonds. The van der Waals surface area contributed by atoms with Crippen LogP contribution < -0.4 is 0 Å². The highest BCUT2D eigenvalue weighted by Crippen LogP contribution is 2.49. The van der Waals surface area contributed by atoms with E-state index in [9.17, 15) is 5.11 Å². The maximum atomic E-state index is 9.67. The molecule has 1 N–H and O–H groups in total. The molecule has 0 bridgehead atoms. The summed E-state index contributed by atoms with van der Waals surface area (Å²) in [5.41, 5.74) is 0.203. The molecule has 2 heteroatoms. The van der Waals surface area contributed by atoms with Gasteiger partial charge in [-0.1, -0.05) is 13.8 Å². The fourth-order valence-electron chi connectivity index (χ4n) is 2.18. The van der Waals surface area contributed by atoms with Gasteiger partial charge in [-0.25, -0.2) is 0 Å². The average Bonchev–Trinajstić information content (AvgIpc) is 2.76. The third-order valence-corrected chi connectivity index (χ3v) is 3.33. The van der Waals surface area contributed by atoms with Crippen LogP contribution in [0.5, 0.6) is 0 Å². The Morgan fingerprint density at radius 1 is 1.42 bits per heavy atom. The van der Waals surface area contributed by atoms with E-state index in [2.05, 4.69) is 13.8 Å². The van der Waals surface area contributed by atoms with Gasteiger partial charge in [0.05, 0.1) is 18.3 Å². The molecule has 1 aliphatic heterocycles. The molecule has 1 saturated heterocycles. The monoisotopic (exact) mass is 170 g/mol. The summed E-state index contributed by atoms with van der Waals surface area (Å²) in [5.74, 6) is 1.04. The Morgan fingerprint density at radius 2 is 2.08 bits per heavy atom. The highest BCUT2D eigenvalue weighted by atomic mass is 16.5. The van der Waals surface area contributed by atoms with E-state index in [1.807, 2.05) is 0 Å². The maximum Gasteiger partial charge on any atom is 0.0805 e. The van der Waals surface area contributed by atoms with E-state index in [0.29, 0.717) is 18.4 Å². The maximum absolute atomic E-state index is 9.67. The van der Waals surface area contributed by atoms with Crippen molar-refractivity contribution in [3.8, 4) is 0 Å². The van der Waals surface area contributed by atoms with E-state index in [1.54, 1.807) is 0 Å². The summed E-state index contributed by atoms with van der Waals surface area (Å²) in [7, 11) is 0. The van der Waals surface area contributed by atoms with E-state index in [1.165, 1.54) is 12.8 Å². The van der Waals surface area contributed by atoms with Gasteiger partial charge in [0, 0.05) is 0 Å². The molecular formula is C10H18O2. The molecule has 2 rings (SSSR count). The van der Waals surface area contributed by atoms with Crippen molar-refractivity contribution in [3.05, 3.63) is 0 Å². The van der Waals surface area contributed by atoms with Crippen LogP contribution in [0.4, 0.5) is 0 Å². The molecule has 0 aromatic carbocycles. The molecule has 0 aromatic heterocycles. The lowest BCUT2D eigenvalue weighted by Crippen LogP contribution is -2.40. The lowest BCUT2D eigenvalue weighted by Gasteiger charge is -2.36. The Hall–Kier alpha value is -0.0800. The zero-order valence-corrected chi connectivity index (χ0v) is 7.92. The van der Waals surface area contributed by atoms with Crippen LogP contribution in [0, 0.1) is 11.8 Å². The first kappa shape index (κ1) is 8.52. The Bertz CT molecular complexity index is 173. The lowest BCUT2D eigenvalue weighted by molar-refractivity contribution is -0.112. The van der Waals surface area contributed by atoms with Crippen molar-refractivity contribution in [3.63, 3.8) is 0 Å². The van der Waals surface area contributed by atoms with Crippen LogP contribution in [-0.4, -0.2) is 23.4 Å². The van der Waals surface area contributed by atoms with Crippen molar-refractivity contribution in [2.45, 2.75) is 44.8 Å². The Labute approximate surface area is 73.9 Å². The third kappa shape index (κ3) is 1.38. The van der Waals surface area contributed by atoms with Crippen LogP contribution >= 0.6 is 0 Å². The summed E-state index contributed by atoms with van der Waals surface area (Å²) in [4.78, 5) is 0. The largest absolute Gasteiger partial charge is 0.390 e. The first-order valence-corrected chi connectivity index (χ1v) is 4.95. The molecular weight excluding hydrogens is 152 g/mol. The molecule has 1 spiro atoms. The molecule has 1 saturated carbocycles. The molecule has 2 aliphatic rings. The van der Waals surface area contributed by atoms with Crippen molar-refractivity contribution in [1.29, 1.82) is 0 Å². The van der Waals surface area contributed by atoms with Gasteiger partial charge in [0.1, 0.15) is 0 Å². The molecule has 2 fully saturated rings. The molecule has 0 radical (unpaired) electrons. The quantitative estimate of drug-likeness (QED) is 0.647. The van der Waals surface area contributed by atoms with Gasteiger partial charge in [-0.2, -0.15) is 0 Å². The smallest absolute Gasteiger partial charge is 0.0805 e. The second-order valence-corrected chi connectivity index (χ2v) is 4.67. The summed E-state index contributed by atoms with van der Waals surface area (Å²) in [6, 6.07) is 0. The second kappa shape index (κ2) is 2.71. The van der Waals surface area contributed by atoms with Gasteiger partial charge in [-0.15, -0.1) is 0 Å². The van der Waals surface area contributed by atoms with Crippen LogP contribution in [0.2, 0.25) is 0 Å². The minimum Gasteiger partial charge on any atom is -0.390 e. The van der Waals surface area contributed by atoms with Crippen molar-refractivity contribution in [2.75, 3.05) is 6.61 Å². The molecule has 1 aliphatic carbocycles. The lowest BCUT2D eigenvalue weighted by atomic mass is 9.83. The number of aliphatic hydroxyl groups excluding tert-OH is 1. The van der Waals surface area contributed by atoms with E-state index >= 15 is 0 Å². The number of aliphatic hydroxyl groups is 1. The molecule has 1 heterocycles. The zero-order chi connectivity index (χ0) is 8.77. The topological polar surface area (TPSA) is 29.5 Å². The number of ether oxygens (including phenoxy) is 1. The highest BCUT2D eigenvalue weighted by molar-refractivity contribution is 5.01. The average molecular weight is 170 g/mol. The fraction of sp³-hybridized carbons (Fsp3) is 1.00. The first-order valence-electron chi connectivity index (χ1n) is 4.95. The number of hydrogen-bond acceptors (Lipinski definition) is 2. The van der Waals surface area contributed by atoms with E-state index in [0.717, 1.165) is 6.42 Å². The summed E-state index contributed by atoms with van der Waals surface area (Å²) in [6.07, 6.45) is 3.27. The van der Waals surface area contributed by atoms with E-state index < -0.39 is 0 Å².